The van der Waals surface area contributed by atoms with Gasteiger partial charge in [-0.25, -0.2) is 0 Å². The summed E-state index contributed by atoms with van der Waals surface area (Å²) in [6.07, 6.45) is 1.21. The molecule has 1 aromatic rings. The maximum Gasteiger partial charge on any atom is 0.323 e. The predicted octanol–water partition coefficient (Wildman–Crippen LogP) is 0.909. The van der Waals surface area contributed by atoms with Crippen LogP contribution in [0.15, 0.2) is 0 Å². The van der Waals surface area contributed by atoms with Gasteiger partial charge in [-0.3, -0.25) is 0 Å². The summed E-state index contributed by atoms with van der Waals surface area (Å²) in [5.41, 5.74) is 0. The Morgan fingerprint density at radius 3 is 2.68 bits per heavy atom. The molecule has 108 valence electrons. The highest BCUT2D eigenvalue weighted by molar-refractivity contribution is 5.37. The summed E-state index contributed by atoms with van der Waals surface area (Å²) >= 11 is 0. The van der Waals surface area contributed by atoms with Crippen LogP contribution < -0.4 is 15.0 Å². The quantitative estimate of drug-likeness (QED) is 0.725. The van der Waals surface area contributed by atoms with Crippen molar-refractivity contribution in [1.82, 2.24) is 15.0 Å². The molecule has 7 nitrogen and oxygen atoms in total. The van der Waals surface area contributed by atoms with Gasteiger partial charge in [0.05, 0.1) is 12.7 Å². The summed E-state index contributed by atoms with van der Waals surface area (Å²) in [5.74, 6) is 1.01. The van der Waals surface area contributed by atoms with Crippen molar-refractivity contribution >= 4 is 11.9 Å². The first-order valence-electron chi connectivity index (χ1n) is 6.52. The highest BCUT2D eigenvalue weighted by Gasteiger charge is 2.11. The van der Waals surface area contributed by atoms with E-state index in [-0.39, 0.29) is 6.10 Å². The largest absolute Gasteiger partial charge is 0.463 e. The highest BCUT2D eigenvalue weighted by Crippen LogP contribution is 2.14. The van der Waals surface area contributed by atoms with Crippen molar-refractivity contribution in [2.24, 2.45) is 0 Å². The second kappa shape index (κ2) is 7.73. The van der Waals surface area contributed by atoms with Crippen molar-refractivity contribution < 1.29 is 9.84 Å². The van der Waals surface area contributed by atoms with Crippen LogP contribution in [0.3, 0.4) is 0 Å². The first-order chi connectivity index (χ1) is 9.06. The van der Waals surface area contributed by atoms with E-state index < -0.39 is 0 Å². The Morgan fingerprint density at radius 1 is 1.37 bits per heavy atom. The van der Waals surface area contributed by atoms with E-state index in [1.807, 2.05) is 18.9 Å². The summed E-state index contributed by atoms with van der Waals surface area (Å²) in [4.78, 5) is 14.5. The number of nitrogens with one attached hydrogen (secondary N) is 1. The third-order valence-corrected chi connectivity index (χ3v) is 2.49. The van der Waals surface area contributed by atoms with Crippen molar-refractivity contribution in [2.75, 3.05) is 37.5 Å². The van der Waals surface area contributed by atoms with E-state index in [0.29, 0.717) is 37.5 Å². The fourth-order valence-electron chi connectivity index (χ4n) is 1.37. The molecule has 0 aliphatic heterocycles. The van der Waals surface area contributed by atoms with Crippen molar-refractivity contribution in [3.63, 3.8) is 0 Å². The van der Waals surface area contributed by atoms with Crippen LogP contribution in [0.25, 0.3) is 0 Å². The lowest BCUT2D eigenvalue weighted by Crippen LogP contribution is -2.24. The molecule has 1 aromatic heterocycles. The summed E-state index contributed by atoms with van der Waals surface area (Å²) in [5, 5.41) is 12.2. The molecule has 0 saturated carbocycles. The Kier molecular flexibility index (Phi) is 6.27. The van der Waals surface area contributed by atoms with Crippen LogP contribution in [0.1, 0.15) is 26.7 Å². The molecular formula is C12H23N5O2. The van der Waals surface area contributed by atoms with Crippen LogP contribution in [0.5, 0.6) is 6.01 Å². The number of hydrogen-bond acceptors (Lipinski definition) is 7. The minimum Gasteiger partial charge on any atom is -0.463 e. The van der Waals surface area contributed by atoms with Gasteiger partial charge in [0.1, 0.15) is 0 Å². The summed E-state index contributed by atoms with van der Waals surface area (Å²) < 4.78 is 5.44. The number of hydrogen-bond donors (Lipinski definition) is 2. The molecule has 0 aliphatic rings. The first-order valence-corrected chi connectivity index (χ1v) is 6.52. The summed E-state index contributed by atoms with van der Waals surface area (Å²) in [7, 11) is 3.62. The molecule has 1 atom stereocenters. The van der Waals surface area contributed by atoms with Gasteiger partial charge in [-0.1, -0.05) is 6.92 Å². The molecule has 0 aliphatic carbocycles. The SMILES string of the molecule is CCCOc1nc(NC)nc(N(C)CCC(C)O)n1. The first kappa shape index (κ1) is 15.4. The van der Waals surface area contributed by atoms with Crippen molar-refractivity contribution in [1.29, 1.82) is 0 Å². The molecule has 2 N–H and O–H groups in total. The second-order valence-corrected chi connectivity index (χ2v) is 4.40. The Bertz CT molecular complexity index is 386. The lowest BCUT2D eigenvalue weighted by Gasteiger charge is -2.18. The average molecular weight is 269 g/mol. The molecule has 19 heavy (non-hydrogen) atoms. The van der Waals surface area contributed by atoms with Crippen LogP contribution in [0, 0.1) is 0 Å². The molecule has 7 heteroatoms. The maximum atomic E-state index is 9.30. The zero-order valence-corrected chi connectivity index (χ0v) is 12.1. The smallest absolute Gasteiger partial charge is 0.323 e. The zero-order valence-electron chi connectivity index (χ0n) is 12.1. The molecule has 1 rings (SSSR count). The normalized spacial score (nSPS) is 12.1. The van der Waals surface area contributed by atoms with E-state index in [4.69, 9.17) is 4.74 Å². The summed E-state index contributed by atoms with van der Waals surface area (Å²) in [6.45, 7) is 5.02. The molecule has 0 spiro atoms. The number of nitrogens with zero attached hydrogens (tertiary/aromatic N) is 4. The number of rotatable bonds is 8. The number of aliphatic hydroxyl groups excluding tert-OH is 1. The number of anilines is 2. The fraction of sp³-hybridized carbons (Fsp3) is 0.750. The van der Waals surface area contributed by atoms with Crippen LogP contribution >= 0.6 is 0 Å². The molecular weight excluding hydrogens is 246 g/mol. The van der Waals surface area contributed by atoms with Gasteiger partial charge < -0.3 is 20.1 Å². The van der Waals surface area contributed by atoms with Crippen molar-refractivity contribution in [3.05, 3.63) is 0 Å². The van der Waals surface area contributed by atoms with E-state index in [2.05, 4.69) is 20.3 Å². The molecule has 1 unspecified atom stereocenters. The van der Waals surface area contributed by atoms with E-state index in [0.717, 1.165) is 6.42 Å². The zero-order chi connectivity index (χ0) is 14.3. The number of aromatic nitrogens is 3. The van der Waals surface area contributed by atoms with E-state index >= 15 is 0 Å². The predicted molar refractivity (Wildman–Crippen MR) is 74.7 cm³/mol. The van der Waals surface area contributed by atoms with Gasteiger partial charge in [-0.2, -0.15) is 15.0 Å². The van der Waals surface area contributed by atoms with Crippen LogP contribution in [0.2, 0.25) is 0 Å². The summed E-state index contributed by atoms with van der Waals surface area (Å²) in [6, 6.07) is 0.320. The van der Waals surface area contributed by atoms with Gasteiger partial charge in [-0.15, -0.1) is 0 Å². The molecule has 0 aromatic carbocycles. The topological polar surface area (TPSA) is 83.4 Å². The van der Waals surface area contributed by atoms with Gasteiger partial charge in [0.25, 0.3) is 0 Å². The highest BCUT2D eigenvalue weighted by atomic mass is 16.5. The Labute approximate surface area is 114 Å². The van der Waals surface area contributed by atoms with Crippen molar-refractivity contribution in [3.8, 4) is 6.01 Å². The minimum atomic E-state index is -0.344. The Balaban J connectivity index is 2.79. The monoisotopic (exact) mass is 269 g/mol. The average Bonchev–Trinajstić information content (AvgIpc) is 2.41. The second-order valence-electron chi connectivity index (χ2n) is 4.40. The lowest BCUT2D eigenvalue weighted by molar-refractivity contribution is 0.186. The van der Waals surface area contributed by atoms with E-state index in [9.17, 15) is 5.11 Å². The molecule has 0 bridgehead atoms. The Hall–Kier alpha value is -1.63. The van der Waals surface area contributed by atoms with Crippen LogP contribution in [-0.2, 0) is 0 Å². The van der Waals surface area contributed by atoms with Gasteiger partial charge in [-0.05, 0) is 19.8 Å². The molecule has 0 fully saturated rings. The van der Waals surface area contributed by atoms with Gasteiger partial charge in [0.15, 0.2) is 0 Å². The number of ether oxygens (including phenoxy) is 1. The number of aliphatic hydroxyl groups is 1. The lowest BCUT2D eigenvalue weighted by atomic mass is 10.3. The Morgan fingerprint density at radius 2 is 2.11 bits per heavy atom. The molecule has 0 amide bonds. The third-order valence-electron chi connectivity index (χ3n) is 2.49. The van der Waals surface area contributed by atoms with E-state index in [1.165, 1.54) is 0 Å². The van der Waals surface area contributed by atoms with Crippen LogP contribution in [0.4, 0.5) is 11.9 Å². The van der Waals surface area contributed by atoms with E-state index in [1.54, 1.807) is 14.0 Å². The third kappa shape index (κ3) is 5.25. The van der Waals surface area contributed by atoms with Gasteiger partial charge >= 0.3 is 6.01 Å². The maximum absolute atomic E-state index is 9.30. The minimum absolute atomic E-state index is 0.320. The van der Waals surface area contributed by atoms with Gasteiger partial charge in [0, 0.05) is 20.6 Å². The van der Waals surface area contributed by atoms with Gasteiger partial charge in [0.2, 0.25) is 11.9 Å². The molecule has 0 saturated heterocycles. The molecule has 0 radical (unpaired) electrons. The van der Waals surface area contributed by atoms with Crippen LogP contribution in [-0.4, -0.2) is 53.4 Å². The molecule has 1 heterocycles. The standard InChI is InChI=1S/C12H23N5O2/c1-5-8-19-12-15-10(13-3)14-11(16-12)17(4)7-6-9(2)18/h9,18H,5-8H2,1-4H3,(H,13,14,15,16). The van der Waals surface area contributed by atoms with Crippen molar-refractivity contribution in [2.45, 2.75) is 32.8 Å². The fourth-order valence-corrected chi connectivity index (χ4v) is 1.37.